The number of nitrogens with zero attached hydrogens (tertiary/aromatic N) is 2. The first-order chi connectivity index (χ1) is 12.6. The summed E-state index contributed by atoms with van der Waals surface area (Å²) in [4.78, 5) is 0. The van der Waals surface area contributed by atoms with Gasteiger partial charge < -0.3 is 10.1 Å². The summed E-state index contributed by atoms with van der Waals surface area (Å²) in [6.45, 7) is 2.40. The van der Waals surface area contributed by atoms with Gasteiger partial charge in [0.1, 0.15) is 5.82 Å². The molecule has 0 saturated carbocycles. The smallest absolute Gasteiger partial charge is 0.331 e. The first-order valence-corrected chi connectivity index (χ1v) is 9.97. The lowest BCUT2D eigenvalue weighted by Crippen LogP contribution is -2.42. The molecule has 2 aliphatic rings. The Bertz CT molecular complexity index is 900. The highest BCUT2D eigenvalue weighted by Gasteiger charge is 2.42. The first kappa shape index (κ1) is 17.3. The fraction of sp³-hybridized carbons (Fsp3) is 0.333. The Hall–Kier alpha value is -2.16. The van der Waals surface area contributed by atoms with Gasteiger partial charge in [0.15, 0.2) is 0 Å². The van der Waals surface area contributed by atoms with E-state index < -0.39 is 16.0 Å². The largest absolute Gasteiger partial charge is 0.376 e. The number of benzene rings is 2. The van der Waals surface area contributed by atoms with Crippen LogP contribution in [-0.4, -0.2) is 40.8 Å². The molecule has 0 spiro atoms. The van der Waals surface area contributed by atoms with Crippen molar-refractivity contribution in [1.82, 2.24) is 5.32 Å². The van der Waals surface area contributed by atoms with Gasteiger partial charge in [-0.2, -0.15) is 8.42 Å². The van der Waals surface area contributed by atoms with Gasteiger partial charge in [-0.3, -0.25) is 4.31 Å². The van der Waals surface area contributed by atoms with Crippen LogP contribution in [-0.2, 0) is 14.9 Å². The molecule has 2 aliphatic heterocycles. The summed E-state index contributed by atoms with van der Waals surface area (Å²) < 4.78 is 48.8. The Kier molecular flexibility index (Phi) is 4.56. The van der Waals surface area contributed by atoms with Crippen LogP contribution in [0.3, 0.4) is 0 Å². The second kappa shape index (κ2) is 6.86. The summed E-state index contributed by atoms with van der Waals surface area (Å²) in [5.74, 6) is -0.576. The van der Waals surface area contributed by atoms with E-state index in [2.05, 4.69) is 5.32 Å². The number of para-hydroxylation sites is 3. The summed E-state index contributed by atoms with van der Waals surface area (Å²) in [5.41, 5.74) is 1.04. The Labute approximate surface area is 152 Å². The molecule has 138 valence electrons. The van der Waals surface area contributed by atoms with E-state index in [1.807, 2.05) is 0 Å². The number of ether oxygens (including phenoxy) is 1. The van der Waals surface area contributed by atoms with Crippen molar-refractivity contribution in [3.8, 4) is 0 Å². The molecule has 2 aromatic rings. The van der Waals surface area contributed by atoms with Crippen LogP contribution in [0.5, 0.6) is 0 Å². The number of nitrogens with one attached hydrogen (secondary N) is 1. The van der Waals surface area contributed by atoms with E-state index in [1.165, 1.54) is 16.4 Å². The molecule has 0 aromatic heterocycles. The van der Waals surface area contributed by atoms with Crippen molar-refractivity contribution < 1.29 is 17.5 Å². The van der Waals surface area contributed by atoms with E-state index in [-0.39, 0.29) is 18.3 Å². The molecular formula is C18H20FN3O3S. The molecule has 0 aliphatic carbocycles. The minimum atomic E-state index is -3.91. The maximum Gasteiger partial charge on any atom is 0.331 e. The predicted molar refractivity (Wildman–Crippen MR) is 98.5 cm³/mol. The zero-order chi connectivity index (χ0) is 18.1. The maximum absolute atomic E-state index is 14.3. The van der Waals surface area contributed by atoms with Crippen LogP contribution < -0.4 is 13.9 Å². The van der Waals surface area contributed by atoms with E-state index in [0.29, 0.717) is 30.9 Å². The third kappa shape index (κ3) is 2.94. The predicted octanol–water partition coefficient (Wildman–Crippen LogP) is 2.41. The number of rotatable bonds is 4. The summed E-state index contributed by atoms with van der Waals surface area (Å²) >= 11 is 0. The lowest BCUT2D eigenvalue weighted by molar-refractivity contribution is 0.0254. The Morgan fingerprint density at radius 3 is 2.46 bits per heavy atom. The number of anilines is 3. The van der Waals surface area contributed by atoms with Crippen molar-refractivity contribution in [2.75, 3.05) is 34.9 Å². The Balaban J connectivity index is 1.68. The molecule has 8 heteroatoms. The van der Waals surface area contributed by atoms with Gasteiger partial charge in [0.25, 0.3) is 0 Å². The van der Waals surface area contributed by atoms with Crippen LogP contribution >= 0.6 is 0 Å². The van der Waals surface area contributed by atoms with Crippen molar-refractivity contribution in [2.24, 2.45) is 0 Å². The molecule has 2 heterocycles. The van der Waals surface area contributed by atoms with Crippen LogP contribution in [0, 0.1) is 5.82 Å². The normalized spacial score (nSPS) is 21.7. The van der Waals surface area contributed by atoms with E-state index in [0.717, 1.165) is 10.8 Å². The minimum absolute atomic E-state index is 0.0260. The SMILES string of the molecule is O=S1(=O)N(CCC2CNCCO2)c2ccccc2N1c1ccccc1F. The van der Waals surface area contributed by atoms with E-state index in [9.17, 15) is 12.8 Å². The van der Waals surface area contributed by atoms with Gasteiger partial charge in [-0.15, -0.1) is 0 Å². The molecule has 0 bridgehead atoms. The highest BCUT2D eigenvalue weighted by atomic mass is 32.2. The van der Waals surface area contributed by atoms with Gasteiger partial charge in [-0.25, -0.2) is 8.70 Å². The monoisotopic (exact) mass is 377 g/mol. The van der Waals surface area contributed by atoms with Gasteiger partial charge >= 0.3 is 10.2 Å². The van der Waals surface area contributed by atoms with Crippen molar-refractivity contribution in [3.05, 3.63) is 54.3 Å². The molecule has 2 aromatic carbocycles. The third-order valence-corrected chi connectivity index (χ3v) is 6.40. The fourth-order valence-corrected chi connectivity index (χ4v) is 5.10. The molecular weight excluding hydrogens is 357 g/mol. The van der Waals surface area contributed by atoms with Crippen LogP contribution in [0.1, 0.15) is 6.42 Å². The van der Waals surface area contributed by atoms with Gasteiger partial charge in [0, 0.05) is 19.6 Å². The number of halogens is 1. The van der Waals surface area contributed by atoms with E-state index in [4.69, 9.17) is 4.74 Å². The molecule has 0 radical (unpaired) electrons. The summed E-state index contributed by atoms with van der Waals surface area (Å²) in [6.07, 6.45) is 0.528. The zero-order valence-corrected chi connectivity index (χ0v) is 15.0. The second-order valence-electron chi connectivity index (χ2n) is 6.27. The number of hydrogen-bond acceptors (Lipinski definition) is 4. The number of fused-ring (bicyclic) bond motifs is 1. The number of hydrogen-bond donors (Lipinski definition) is 1. The lowest BCUT2D eigenvalue weighted by atomic mass is 10.2. The van der Waals surface area contributed by atoms with Crippen molar-refractivity contribution in [2.45, 2.75) is 12.5 Å². The van der Waals surface area contributed by atoms with Crippen LogP contribution in [0.25, 0.3) is 0 Å². The molecule has 6 nitrogen and oxygen atoms in total. The molecule has 1 fully saturated rings. The maximum atomic E-state index is 14.3. The van der Waals surface area contributed by atoms with Gasteiger partial charge in [0.2, 0.25) is 0 Å². The Morgan fingerprint density at radius 1 is 1.08 bits per heavy atom. The topological polar surface area (TPSA) is 61.9 Å². The third-order valence-electron chi connectivity index (χ3n) is 4.61. The first-order valence-electron chi connectivity index (χ1n) is 8.58. The standard InChI is InChI=1S/C18H20FN3O3S/c19-15-5-1-2-6-16(15)22-18-8-4-3-7-17(18)21(26(22,23)24)11-9-14-13-20-10-12-25-14/h1-8,14,20H,9-13H2. The molecule has 4 rings (SSSR count). The summed E-state index contributed by atoms with van der Waals surface area (Å²) in [7, 11) is -3.91. The quantitative estimate of drug-likeness (QED) is 0.889. The second-order valence-corrected chi connectivity index (χ2v) is 7.97. The van der Waals surface area contributed by atoms with Crippen LogP contribution in [0.4, 0.5) is 21.5 Å². The van der Waals surface area contributed by atoms with Crippen molar-refractivity contribution in [1.29, 1.82) is 0 Å². The van der Waals surface area contributed by atoms with Crippen LogP contribution in [0.15, 0.2) is 48.5 Å². The van der Waals surface area contributed by atoms with Gasteiger partial charge in [-0.05, 0) is 30.7 Å². The minimum Gasteiger partial charge on any atom is -0.376 e. The lowest BCUT2D eigenvalue weighted by Gasteiger charge is -2.26. The van der Waals surface area contributed by atoms with Crippen molar-refractivity contribution >= 4 is 27.3 Å². The Morgan fingerprint density at radius 2 is 1.77 bits per heavy atom. The zero-order valence-electron chi connectivity index (χ0n) is 14.1. The van der Waals surface area contributed by atoms with E-state index >= 15 is 0 Å². The van der Waals surface area contributed by atoms with Gasteiger partial charge in [0.05, 0.1) is 29.8 Å². The van der Waals surface area contributed by atoms with E-state index in [1.54, 1.807) is 36.4 Å². The highest BCUT2D eigenvalue weighted by molar-refractivity contribution is 7.95. The fourth-order valence-electron chi connectivity index (χ4n) is 3.37. The molecule has 0 amide bonds. The molecule has 1 saturated heterocycles. The average molecular weight is 377 g/mol. The number of morpholine rings is 1. The van der Waals surface area contributed by atoms with Gasteiger partial charge in [-0.1, -0.05) is 24.3 Å². The molecule has 1 unspecified atom stereocenters. The summed E-state index contributed by atoms with van der Waals surface area (Å²) in [5, 5.41) is 3.24. The average Bonchev–Trinajstić information content (AvgIpc) is 2.87. The molecule has 26 heavy (non-hydrogen) atoms. The summed E-state index contributed by atoms with van der Waals surface area (Å²) in [6, 6.07) is 12.9. The highest BCUT2D eigenvalue weighted by Crippen LogP contribution is 2.45. The van der Waals surface area contributed by atoms with Crippen molar-refractivity contribution in [3.63, 3.8) is 0 Å². The molecule has 1 N–H and O–H groups in total. The molecule has 1 atom stereocenters. The van der Waals surface area contributed by atoms with Crippen LogP contribution in [0.2, 0.25) is 0 Å².